The zero-order chi connectivity index (χ0) is 14.5. The van der Waals surface area contributed by atoms with E-state index in [0.29, 0.717) is 6.04 Å². The van der Waals surface area contributed by atoms with Gasteiger partial charge in [-0.2, -0.15) is 0 Å². The highest BCUT2D eigenvalue weighted by Crippen LogP contribution is 2.22. The lowest BCUT2D eigenvalue weighted by Crippen LogP contribution is -2.49. The molecule has 1 amide bonds. The molecule has 1 unspecified atom stereocenters. The molecule has 1 aliphatic rings. The van der Waals surface area contributed by atoms with E-state index in [-0.39, 0.29) is 24.5 Å². The molecule has 3 nitrogen and oxygen atoms in total. The number of nitrogens with one attached hydrogen (secondary N) is 1. The highest BCUT2D eigenvalue weighted by molar-refractivity contribution is 5.94. The lowest BCUT2D eigenvalue weighted by atomic mass is 9.94. The summed E-state index contributed by atoms with van der Waals surface area (Å²) in [5.74, 6) is 0.0140. The Morgan fingerprint density at radius 3 is 2.33 bits per heavy atom. The van der Waals surface area contributed by atoms with Gasteiger partial charge in [0.2, 0.25) is 0 Å². The van der Waals surface area contributed by atoms with Gasteiger partial charge in [0, 0.05) is 11.6 Å². The molecule has 4 heteroatoms. The molecule has 0 aromatic heterocycles. The van der Waals surface area contributed by atoms with Crippen molar-refractivity contribution < 1.29 is 4.79 Å². The second-order valence-corrected chi connectivity index (χ2v) is 5.97. The number of benzene rings is 1. The Hall–Kier alpha value is -1.06. The number of hydrogen-bond donors (Lipinski definition) is 1. The van der Waals surface area contributed by atoms with Gasteiger partial charge in [-0.1, -0.05) is 37.0 Å². The van der Waals surface area contributed by atoms with Crippen LogP contribution in [0.4, 0.5) is 0 Å². The SMILES string of the molecule is Cc1ccc(C(=O)NC(C)N(C)C2CCCCC2)cc1.Cl. The predicted octanol–water partition coefficient (Wildman–Crippen LogP) is 3.76. The van der Waals surface area contributed by atoms with Gasteiger partial charge in [-0.25, -0.2) is 0 Å². The third-order valence-electron chi connectivity index (χ3n) is 4.42. The van der Waals surface area contributed by atoms with Crippen molar-refractivity contribution >= 4 is 18.3 Å². The number of carbonyl (C=O) groups excluding carboxylic acids is 1. The smallest absolute Gasteiger partial charge is 0.252 e. The van der Waals surface area contributed by atoms with Gasteiger partial charge < -0.3 is 5.32 Å². The number of amides is 1. The van der Waals surface area contributed by atoms with Gasteiger partial charge in [0.1, 0.15) is 0 Å². The van der Waals surface area contributed by atoms with Crippen LogP contribution in [0.1, 0.15) is 54.9 Å². The molecule has 0 saturated heterocycles. The molecule has 1 aromatic carbocycles. The number of halogens is 1. The minimum atomic E-state index is 0. The van der Waals surface area contributed by atoms with E-state index in [0.717, 1.165) is 5.56 Å². The lowest BCUT2D eigenvalue weighted by Gasteiger charge is -2.35. The molecular formula is C17H27ClN2O. The Kier molecular flexibility index (Phi) is 7.20. The largest absolute Gasteiger partial charge is 0.337 e. The summed E-state index contributed by atoms with van der Waals surface area (Å²) in [5.41, 5.74) is 1.91. The normalized spacial score (nSPS) is 17.1. The summed E-state index contributed by atoms with van der Waals surface area (Å²) < 4.78 is 0. The van der Waals surface area contributed by atoms with Gasteiger partial charge in [0.15, 0.2) is 0 Å². The van der Waals surface area contributed by atoms with Crippen molar-refractivity contribution in [1.82, 2.24) is 10.2 Å². The Morgan fingerprint density at radius 2 is 1.76 bits per heavy atom. The van der Waals surface area contributed by atoms with E-state index in [9.17, 15) is 4.79 Å². The van der Waals surface area contributed by atoms with Crippen molar-refractivity contribution in [3.8, 4) is 0 Å². The number of rotatable bonds is 4. The fraction of sp³-hybridized carbons (Fsp3) is 0.588. The highest BCUT2D eigenvalue weighted by Gasteiger charge is 2.23. The minimum Gasteiger partial charge on any atom is -0.337 e. The van der Waals surface area contributed by atoms with Gasteiger partial charge in [0.05, 0.1) is 6.17 Å². The Morgan fingerprint density at radius 1 is 1.19 bits per heavy atom. The first-order chi connectivity index (χ1) is 9.58. The van der Waals surface area contributed by atoms with Crippen LogP contribution in [0.5, 0.6) is 0 Å². The number of hydrogen-bond acceptors (Lipinski definition) is 2. The summed E-state index contributed by atoms with van der Waals surface area (Å²) in [6.45, 7) is 4.10. The summed E-state index contributed by atoms with van der Waals surface area (Å²) in [6.07, 6.45) is 6.56. The van der Waals surface area contributed by atoms with Crippen molar-refractivity contribution in [3.63, 3.8) is 0 Å². The third kappa shape index (κ3) is 5.01. The monoisotopic (exact) mass is 310 g/mol. The van der Waals surface area contributed by atoms with Gasteiger partial charge in [-0.3, -0.25) is 9.69 Å². The highest BCUT2D eigenvalue weighted by atomic mass is 35.5. The maximum atomic E-state index is 12.2. The van der Waals surface area contributed by atoms with Crippen LogP contribution in [0.25, 0.3) is 0 Å². The molecular weight excluding hydrogens is 284 g/mol. The zero-order valence-corrected chi connectivity index (χ0v) is 14.1. The molecule has 0 spiro atoms. The molecule has 2 rings (SSSR count). The molecule has 0 radical (unpaired) electrons. The fourth-order valence-electron chi connectivity index (χ4n) is 2.88. The first-order valence-electron chi connectivity index (χ1n) is 7.67. The molecule has 118 valence electrons. The quantitative estimate of drug-likeness (QED) is 0.859. The molecule has 1 saturated carbocycles. The number of aryl methyl sites for hydroxylation is 1. The number of nitrogens with zero attached hydrogens (tertiary/aromatic N) is 1. The molecule has 1 atom stereocenters. The van der Waals surface area contributed by atoms with E-state index in [4.69, 9.17) is 0 Å². The minimum absolute atomic E-state index is 0. The van der Waals surface area contributed by atoms with Crippen LogP contribution in [0.15, 0.2) is 24.3 Å². The van der Waals surface area contributed by atoms with Crippen molar-refractivity contribution in [3.05, 3.63) is 35.4 Å². The van der Waals surface area contributed by atoms with Gasteiger partial charge >= 0.3 is 0 Å². The van der Waals surface area contributed by atoms with E-state index in [1.165, 1.54) is 37.7 Å². The maximum Gasteiger partial charge on any atom is 0.252 e. The Bertz CT molecular complexity index is 441. The third-order valence-corrected chi connectivity index (χ3v) is 4.42. The van der Waals surface area contributed by atoms with Gasteiger partial charge in [0.25, 0.3) is 5.91 Å². The zero-order valence-electron chi connectivity index (χ0n) is 13.3. The summed E-state index contributed by atoms with van der Waals surface area (Å²) in [5, 5.41) is 3.10. The van der Waals surface area contributed by atoms with Crippen LogP contribution in [0.2, 0.25) is 0 Å². The molecule has 0 heterocycles. The van der Waals surface area contributed by atoms with Gasteiger partial charge in [-0.05, 0) is 45.9 Å². The van der Waals surface area contributed by atoms with E-state index in [2.05, 4.69) is 24.2 Å². The van der Waals surface area contributed by atoms with Crippen LogP contribution in [-0.4, -0.2) is 30.1 Å². The summed E-state index contributed by atoms with van der Waals surface area (Å²) in [6, 6.07) is 8.34. The number of carbonyl (C=O) groups is 1. The second kappa shape index (κ2) is 8.40. The molecule has 1 aliphatic carbocycles. The molecule has 21 heavy (non-hydrogen) atoms. The lowest BCUT2D eigenvalue weighted by molar-refractivity contribution is 0.0810. The Labute approximate surface area is 134 Å². The van der Waals surface area contributed by atoms with E-state index in [1.807, 2.05) is 31.2 Å². The van der Waals surface area contributed by atoms with Crippen molar-refractivity contribution in [2.75, 3.05) is 7.05 Å². The van der Waals surface area contributed by atoms with Gasteiger partial charge in [-0.15, -0.1) is 12.4 Å². The molecule has 0 aliphatic heterocycles. The van der Waals surface area contributed by atoms with E-state index < -0.39 is 0 Å². The molecule has 1 aromatic rings. The molecule has 1 fully saturated rings. The summed E-state index contributed by atoms with van der Waals surface area (Å²) in [7, 11) is 2.12. The Balaban J connectivity index is 0.00000220. The van der Waals surface area contributed by atoms with Crippen LogP contribution >= 0.6 is 12.4 Å². The second-order valence-electron chi connectivity index (χ2n) is 5.97. The summed E-state index contributed by atoms with van der Waals surface area (Å²) in [4.78, 5) is 14.5. The fourth-order valence-corrected chi connectivity index (χ4v) is 2.88. The predicted molar refractivity (Wildman–Crippen MR) is 90.0 cm³/mol. The first-order valence-corrected chi connectivity index (χ1v) is 7.67. The van der Waals surface area contributed by atoms with Crippen molar-refractivity contribution in [1.29, 1.82) is 0 Å². The van der Waals surface area contributed by atoms with Crippen LogP contribution in [0, 0.1) is 6.92 Å². The van der Waals surface area contributed by atoms with E-state index >= 15 is 0 Å². The van der Waals surface area contributed by atoms with Crippen LogP contribution in [-0.2, 0) is 0 Å². The van der Waals surface area contributed by atoms with E-state index in [1.54, 1.807) is 0 Å². The maximum absolute atomic E-state index is 12.2. The summed E-state index contributed by atoms with van der Waals surface area (Å²) >= 11 is 0. The molecule has 0 bridgehead atoms. The topological polar surface area (TPSA) is 32.3 Å². The van der Waals surface area contributed by atoms with Crippen LogP contribution < -0.4 is 5.32 Å². The van der Waals surface area contributed by atoms with Crippen molar-refractivity contribution in [2.24, 2.45) is 0 Å². The first kappa shape index (κ1) is 18.0. The molecule has 1 N–H and O–H groups in total. The van der Waals surface area contributed by atoms with Crippen LogP contribution in [0.3, 0.4) is 0 Å². The average molecular weight is 311 g/mol. The van der Waals surface area contributed by atoms with Crippen molar-refractivity contribution in [2.45, 2.75) is 58.2 Å². The standard InChI is InChI=1S/C17H26N2O.ClH/c1-13-9-11-15(12-10-13)17(20)18-14(2)19(3)16-7-5-4-6-8-16;/h9-12,14,16H,4-8H2,1-3H3,(H,18,20);1H. The average Bonchev–Trinajstić information content (AvgIpc) is 2.48.